The molecule has 4 nitrogen and oxygen atoms in total. The van der Waals surface area contributed by atoms with Gasteiger partial charge in [-0.1, -0.05) is 28.9 Å². The van der Waals surface area contributed by atoms with Crippen molar-refractivity contribution in [3.05, 3.63) is 46.5 Å². The molecule has 1 aliphatic heterocycles. The maximum absolute atomic E-state index is 6.25. The zero-order chi connectivity index (χ0) is 14.8. The zero-order valence-corrected chi connectivity index (χ0v) is 13.9. The van der Waals surface area contributed by atoms with Gasteiger partial charge in [0.15, 0.2) is 0 Å². The molecule has 2 aromatic rings. The summed E-state index contributed by atoms with van der Waals surface area (Å²) in [6.07, 6.45) is 5.87. The first-order valence-electron chi connectivity index (χ1n) is 7.36. The molecule has 0 bridgehead atoms. The molecular formula is C16H20BrN3O. The van der Waals surface area contributed by atoms with Crippen LogP contribution in [0.3, 0.4) is 0 Å². The molecule has 2 atom stereocenters. The van der Waals surface area contributed by atoms with Crippen molar-refractivity contribution in [3.63, 3.8) is 0 Å². The van der Waals surface area contributed by atoms with Gasteiger partial charge in [-0.25, -0.2) is 4.98 Å². The molecule has 112 valence electrons. The summed E-state index contributed by atoms with van der Waals surface area (Å²) in [6, 6.07) is 6.54. The second-order valence-electron chi connectivity index (χ2n) is 5.38. The van der Waals surface area contributed by atoms with E-state index in [-0.39, 0.29) is 6.10 Å². The molecule has 0 saturated carbocycles. The first kappa shape index (κ1) is 14.6. The first-order chi connectivity index (χ1) is 10.2. The summed E-state index contributed by atoms with van der Waals surface area (Å²) in [6.45, 7) is 3.15. The number of halogens is 1. The number of fused-ring (bicyclic) bond motifs is 1. The van der Waals surface area contributed by atoms with Gasteiger partial charge in [0, 0.05) is 29.0 Å². The molecule has 0 amide bonds. The summed E-state index contributed by atoms with van der Waals surface area (Å²) in [7, 11) is 2.00. The Morgan fingerprint density at radius 2 is 2.33 bits per heavy atom. The van der Waals surface area contributed by atoms with Crippen molar-refractivity contribution in [2.75, 3.05) is 7.05 Å². The van der Waals surface area contributed by atoms with E-state index in [1.807, 2.05) is 25.6 Å². The van der Waals surface area contributed by atoms with Gasteiger partial charge in [-0.2, -0.15) is 0 Å². The fourth-order valence-corrected chi connectivity index (χ4v) is 3.26. The zero-order valence-electron chi connectivity index (χ0n) is 12.3. The number of nitrogens with one attached hydrogen (secondary N) is 1. The minimum absolute atomic E-state index is 0.0401. The highest BCUT2D eigenvalue weighted by molar-refractivity contribution is 9.10. The average molecular weight is 350 g/mol. The molecule has 2 unspecified atom stereocenters. The lowest BCUT2D eigenvalue weighted by Gasteiger charge is -2.32. The summed E-state index contributed by atoms with van der Waals surface area (Å²) in [5, 5.41) is 3.40. The number of benzene rings is 1. The van der Waals surface area contributed by atoms with Crippen molar-refractivity contribution in [1.29, 1.82) is 0 Å². The van der Waals surface area contributed by atoms with Gasteiger partial charge in [0.2, 0.25) is 0 Å². The van der Waals surface area contributed by atoms with Crippen LogP contribution in [0.1, 0.15) is 43.2 Å². The molecular weight excluding hydrogens is 330 g/mol. The van der Waals surface area contributed by atoms with E-state index in [1.54, 1.807) is 0 Å². The topological polar surface area (TPSA) is 39.1 Å². The van der Waals surface area contributed by atoms with Gasteiger partial charge in [0.1, 0.15) is 11.9 Å². The Labute approximate surface area is 133 Å². The minimum atomic E-state index is 0.0401. The van der Waals surface area contributed by atoms with Crippen LogP contribution >= 0.6 is 15.9 Å². The van der Waals surface area contributed by atoms with Crippen molar-refractivity contribution in [2.45, 2.75) is 38.5 Å². The summed E-state index contributed by atoms with van der Waals surface area (Å²) >= 11 is 3.52. The van der Waals surface area contributed by atoms with Gasteiger partial charge in [-0.3, -0.25) is 0 Å². The van der Waals surface area contributed by atoms with Crippen molar-refractivity contribution in [1.82, 2.24) is 14.9 Å². The largest absolute Gasteiger partial charge is 0.484 e. The molecule has 0 fully saturated rings. The number of aromatic nitrogens is 2. The molecule has 21 heavy (non-hydrogen) atoms. The van der Waals surface area contributed by atoms with Gasteiger partial charge in [0.25, 0.3) is 0 Å². The quantitative estimate of drug-likeness (QED) is 0.911. The van der Waals surface area contributed by atoms with E-state index < -0.39 is 0 Å². The predicted molar refractivity (Wildman–Crippen MR) is 86.4 cm³/mol. The second kappa shape index (κ2) is 6.20. The third-order valence-electron chi connectivity index (χ3n) is 3.96. The highest BCUT2D eigenvalue weighted by Gasteiger charge is 2.30. The number of hydrogen-bond acceptors (Lipinski definition) is 3. The molecule has 2 heterocycles. The van der Waals surface area contributed by atoms with E-state index >= 15 is 0 Å². The fraction of sp³-hybridized carbons (Fsp3) is 0.438. The number of imidazole rings is 1. The monoisotopic (exact) mass is 349 g/mol. The standard InChI is InChI=1S/C16H20BrN3O/c1-3-6-20-10-19-9-14(20)16-8-13(18-2)12-5-4-11(17)7-15(12)21-16/h4-5,7,9-10,13,16,18H,3,6,8H2,1-2H3. The first-order valence-corrected chi connectivity index (χ1v) is 8.15. The van der Waals surface area contributed by atoms with E-state index in [0.717, 1.165) is 35.3 Å². The van der Waals surface area contributed by atoms with E-state index in [0.29, 0.717) is 6.04 Å². The van der Waals surface area contributed by atoms with Gasteiger partial charge in [-0.15, -0.1) is 0 Å². The lowest BCUT2D eigenvalue weighted by atomic mass is 9.95. The molecule has 1 N–H and O–H groups in total. The van der Waals surface area contributed by atoms with Crippen molar-refractivity contribution >= 4 is 15.9 Å². The number of rotatable bonds is 4. The van der Waals surface area contributed by atoms with Crippen LogP contribution in [0.4, 0.5) is 0 Å². The van der Waals surface area contributed by atoms with Crippen LogP contribution in [0, 0.1) is 0 Å². The Morgan fingerprint density at radius 3 is 3.10 bits per heavy atom. The van der Waals surface area contributed by atoms with Gasteiger partial charge < -0.3 is 14.6 Å². The predicted octanol–water partition coefficient (Wildman–Crippen LogP) is 3.84. The summed E-state index contributed by atoms with van der Waals surface area (Å²) in [5.41, 5.74) is 2.38. The van der Waals surface area contributed by atoms with Crippen LogP contribution in [0.5, 0.6) is 5.75 Å². The highest BCUT2D eigenvalue weighted by Crippen LogP contribution is 2.41. The Bertz CT molecular complexity index is 626. The number of aryl methyl sites for hydroxylation is 1. The molecule has 0 saturated heterocycles. The molecule has 1 aromatic carbocycles. The molecule has 1 aliphatic rings. The molecule has 0 radical (unpaired) electrons. The molecule has 3 rings (SSSR count). The van der Waals surface area contributed by atoms with Crippen LogP contribution in [-0.4, -0.2) is 16.6 Å². The minimum Gasteiger partial charge on any atom is -0.484 e. The van der Waals surface area contributed by atoms with E-state index in [1.165, 1.54) is 5.56 Å². The van der Waals surface area contributed by atoms with E-state index in [2.05, 4.69) is 49.9 Å². The third kappa shape index (κ3) is 2.85. The maximum Gasteiger partial charge on any atom is 0.142 e. The van der Waals surface area contributed by atoms with Gasteiger partial charge >= 0.3 is 0 Å². The molecule has 5 heteroatoms. The normalized spacial score (nSPS) is 20.9. The third-order valence-corrected chi connectivity index (χ3v) is 4.45. The Balaban J connectivity index is 1.94. The lowest BCUT2D eigenvalue weighted by molar-refractivity contribution is 0.145. The molecule has 0 aliphatic carbocycles. The smallest absolute Gasteiger partial charge is 0.142 e. The van der Waals surface area contributed by atoms with Crippen LogP contribution in [0.15, 0.2) is 35.2 Å². The Kier molecular flexibility index (Phi) is 4.31. The van der Waals surface area contributed by atoms with Crippen LogP contribution < -0.4 is 10.1 Å². The SMILES string of the molecule is CCCn1cncc1C1CC(NC)c2ccc(Br)cc2O1. The molecule has 0 spiro atoms. The number of nitrogens with zero attached hydrogens (tertiary/aromatic N) is 2. The lowest BCUT2D eigenvalue weighted by Crippen LogP contribution is -2.27. The van der Waals surface area contributed by atoms with E-state index in [9.17, 15) is 0 Å². The van der Waals surface area contributed by atoms with E-state index in [4.69, 9.17) is 4.74 Å². The van der Waals surface area contributed by atoms with Gasteiger partial charge in [0.05, 0.1) is 18.2 Å². The maximum atomic E-state index is 6.25. The highest BCUT2D eigenvalue weighted by atomic mass is 79.9. The number of ether oxygens (including phenoxy) is 1. The van der Waals surface area contributed by atoms with Crippen LogP contribution in [0.2, 0.25) is 0 Å². The Morgan fingerprint density at radius 1 is 1.48 bits per heavy atom. The molecule has 1 aromatic heterocycles. The summed E-state index contributed by atoms with van der Waals surface area (Å²) < 4.78 is 9.48. The average Bonchev–Trinajstić information content (AvgIpc) is 2.94. The summed E-state index contributed by atoms with van der Waals surface area (Å²) in [4.78, 5) is 4.29. The van der Waals surface area contributed by atoms with Crippen LogP contribution in [0.25, 0.3) is 0 Å². The second-order valence-corrected chi connectivity index (χ2v) is 6.29. The Hall–Kier alpha value is -1.33. The van der Waals surface area contributed by atoms with Crippen molar-refractivity contribution < 1.29 is 4.74 Å². The fourth-order valence-electron chi connectivity index (χ4n) is 2.92. The summed E-state index contributed by atoms with van der Waals surface area (Å²) in [5.74, 6) is 0.948. The van der Waals surface area contributed by atoms with Crippen LogP contribution in [-0.2, 0) is 6.54 Å². The van der Waals surface area contributed by atoms with Crippen molar-refractivity contribution in [2.24, 2.45) is 0 Å². The van der Waals surface area contributed by atoms with Crippen molar-refractivity contribution in [3.8, 4) is 5.75 Å². The number of hydrogen-bond donors (Lipinski definition) is 1. The van der Waals surface area contributed by atoms with Gasteiger partial charge in [-0.05, 0) is 25.6 Å².